The molecule has 0 bridgehead atoms. The highest BCUT2D eigenvalue weighted by atomic mass is 19.3. The van der Waals surface area contributed by atoms with E-state index in [9.17, 15) is 13.6 Å². The average molecular weight is 254 g/mol. The molecular formula is C13H12F2O3. The maximum absolute atomic E-state index is 12.8. The number of rotatable bonds is 2. The number of aliphatic carboxylic acids is 1. The number of hydrogen-bond acceptors (Lipinski definition) is 2. The Kier molecular flexibility index (Phi) is 3.07. The van der Waals surface area contributed by atoms with Gasteiger partial charge in [-0.3, -0.25) is 0 Å². The zero-order chi connectivity index (χ0) is 13.4. The van der Waals surface area contributed by atoms with Crippen molar-refractivity contribution >= 4 is 12.0 Å². The standard InChI is InChI=1S/C13H12F2O3/c1-6-3-4-8-5-9(13(16)17)11(12(14)15)18-10(8)7(6)2/h3-5,11-12H,1-2H3,(H,16,17). The van der Waals surface area contributed by atoms with Gasteiger partial charge in [-0.25, -0.2) is 13.6 Å². The first-order valence-corrected chi connectivity index (χ1v) is 5.41. The van der Waals surface area contributed by atoms with Gasteiger partial charge in [-0.15, -0.1) is 0 Å². The van der Waals surface area contributed by atoms with Gasteiger partial charge in [0.25, 0.3) is 6.43 Å². The first-order chi connectivity index (χ1) is 8.41. The van der Waals surface area contributed by atoms with Gasteiger partial charge in [-0.2, -0.15) is 0 Å². The topological polar surface area (TPSA) is 46.5 Å². The molecule has 3 nitrogen and oxygen atoms in total. The van der Waals surface area contributed by atoms with Crippen LogP contribution in [0.5, 0.6) is 5.75 Å². The predicted molar refractivity (Wildman–Crippen MR) is 61.9 cm³/mol. The van der Waals surface area contributed by atoms with E-state index in [2.05, 4.69) is 0 Å². The number of fused-ring (bicyclic) bond motifs is 1. The van der Waals surface area contributed by atoms with E-state index in [1.165, 1.54) is 6.08 Å². The maximum atomic E-state index is 12.8. The van der Waals surface area contributed by atoms with Crippen LogP contribution in [0.4, 0.5) is 8.78 Å². The number of ether oxygens (including phenoxy) is 1. The van der Waals surface area contributed by atoms with Gasteiger partial charge >= 0.3 is 5.97 Å². The Balaban J connectivity index is 2.57. The molecule has 18 heavy (non-hydrogen) atoms. The molecule has 1 aliphatic heterocycles. The summed E-state index contributed by atoms with van der Waals surface area (Å²) >= 11 is 0. The Bertz CT molecular complexity index is 535. The van der Waals surface area contributed by atoms with Gasteiger partial charge in [0.1, 0.15) is 5.75 Å². The molecule has 0 amide bonds. The third kappa shape index (κ3) is 1.96. The molecule has 1 aromatic rings. The smallest absolute Gasteiger partial charge is 0.335 e. The van der Waals surface area contributed by atoms with Crippen LogP contribution in [-0.2, 0) is 4.79 Å². The average Bonchev–Trinajstić information content (AvgIpc) is 2.32. The summed E-state index contributed by atoms with van der Waals surface area (Å²) in [5.41, 5.74) is 1.76. The van der Waals surface area contributed by atoms with Crippen molar-refractivity contribution in [1.29, 1.82) is 0 Å². The highest BCUT2D eigenvalue weighted by Gasteiger charge is 2.35. The van der Waals surface area contributed by atoms with E-state index in [4.69, 9.17) is 9.84 Å². The molecule has 1 aromatic carbocycles. The number of carboxylic acids is 1. The first-order valence-electron chi connectivity index (χ1n) is 5.41. The quantitative estimate of drug-likeness (QED) is 0.882. The Hall–Kier alpha value is -1.91. The van der Waals surface area contributed by atoms with Crippen LogP contribution in [0.25, 0.3) is 6.08 Å². The minimum Gasteiger partial charge on any atom is -0.479 e. The molecule has 0 radical (unpaired) electrons. The number of carboxylic acid groups (broad SMARTS) is 1. The minimum absolute atomic E-state index is 0.338. The number of benzene rings is 1. The van der Waals surface area contributed by atoms with Gasteiger partial charge in [0.2, 0.25) is 0 Å². The molecule has 2 rings (SSSR count). The normalized spacial score (nSPS) is 18.1. The van der Waals surface area contributed by atoms with Gasteiger partial charge in [0, 0.05) is 5.56 Å². The predicted octanol–water partition coefficient (Wildman–Crippen LogP) is 2.80. The minimum atomic E-state index is -2.87. The lowest BCUT2D eigenvalue weighted by Gasteiger charge is -2.26. The molecule has 1 unspecified atom stereocenters. The molecule has 0 saturated carbocycles. The number of hydrogen-bond donors (Lipinski definition) is 1. The third-order valence-corrected chi connectivity index (χ3v) is 3.05. The van der Waals surface area contributed by atoms with Gasteiger partial charge in [0.15, 0.2) is 6.10 Å². The maximum Gasteiger partial charge on any atom is 0.335 e. The molecule has 0 saturated heterocycles. The summed E-state index contributed by atoms with van der Waals surface area (Å²) in [6, 6.07) is 3.47. The summed E-state index contributed by atoms with van der Waals surface area (Å²) in [5.74, 6) is -1.05. The highest BCUT2D eigenvalue weighted by molar-refractivity contribution is 5.95. The molecule has 1 atom stereocenters. The van der Waals surface area contributed by atoms with E-state index in [0.29, 0.717) is 11.3 Å². The SMILES string of the molecule is Cc1ccc2c(c1C)OC(C(F)F)C(C(=O)O)=C2. The van der Waals surface area contributed by atoms with Crippen molar-refractivity contribution in [2.75, 3.05) is 0 Å². The van der Waals surface area contributed by atoms with Crippen molar-refractivity contribution in [2.45, 2.75) is 26.4 Å². The van der Waals surface area contributed by atoms with Crippen molar-refractivity contribution < 1.29 is 23.4 Å². The van der Waals surface area contributed by atoms with E-state index in [-0.39, 0.29) is 0 Å². The Labute approximate surface area is 103 Å². The van der Waals surface area contributed by atoms with E-state index in [1.807, 2.05) is 6.92 Å². The Morgan fingerprint density at radius 2 is 2.06 bits per heavy atom. The lowest BCUT2D eigenvalue weighted by Crippen LogP contribution is -2.33. The zero-order valence-corrected chi connectivity index (χ0v) is 9.91. The highest BCUT2D eigenvalue weighted by Crippen LogP contribution is 2.36. The summed E-state index contributed by atoms with van der Waals surface area (Å²) in [7, 11) is 0. The lowest BCUT2D eigenvalue weighted by molar-refractivity contribution is -0.134. The second kappa shape index (κ2) is 4.40. The summed E-state index contributed by atoms with van der Waals surface area (Å²) in [5, 5.41) is 8.93. The van der Waals surface area contributed by atoms with E-state index < -0.39 is 24.1 Å². The Morgan fingerprint density at radius 3 is 2.61 bits per heavy atom. The summed E-state index contributed by atoms with van der Waals surface area (Å²) in [6.07, 6.45) is -3.33. The van der Waals surface area contributed by atoms with Crippen molar-refractivity contribution in [2.24, 2.45) is 0 Å². The Morgan fingerprint density at radius 1 is 1.39 bits per heavy atom. The van der Waals surface area contributed by atoms with Crippen molar-refractivity contribution in [1.82, 2.24) is 0 Å². The number of aryl methyl sites for hydroxylation is 1. The molecule has 1 N–H and O–H groups in total. The number of halogens is 2. The van der Waals surface area contributed by atoms with Crippen LogP contribution in [0.15, 0.2) is 17.7 Å². The second-order valence-electron chi connectivity index (χ2n) is 4.20. The first kappa shape index (κ1) is 12.5. The van der Waals surface area contributed by atoms with E-state index in [1.54, 1.807) is 19.1 Å². The molecule has 0 fully saturated rings. The molecule has 0 aliphatic carbocycles. The molecule has 1 aliphatic rings. The molecule has 1 heterocycles. The summed E-state index contributed by atoms with van der Waals surface area (Å²) < 4.78 is 30.8. The van der Waals surface area contributed by atoms with Crippen LogP contribution in [0.3, 0.4) is 0 Å². The fourth-order valence-electron chi connectivity index (χ4n) is 1.89. The van der Waals surface area contributed by atoms with Gasteiger partial charge in [-0.05, 0) is 31.1 Å². The van der Waals surface area contributed by atoms with Crippen LogP contribution in [0.1, 0.15) is 16.7 Å². The van der Waals surface area contributed by atoms with Gasteiger partial charge in [-0.1, -0.05) is 12.1 Å². The van der Waals surface area contributed by atoms with E-state index in [0.717, 1.165) is 11.1 Å². The number of carbonyl (C=O) groups is 1. The molecule has 5 heteroatoms. The number of alkyl halides is 2. The fourth-order valence-corrected chi connectivity index (χ4v) is 1.89. The van der Waals surface area contributed by atoms with Crippen LogP contribution in [0, 0.1) is 13.8 Å². The lowest BCUT2D eigenvalue weighted by atomic mass is 9.97. The van der Waals surface area contributed by atoms with Crippen LogP contribution in [-0.4, -0.2) is 23.6 Å². The monoisotopic (exact) mass is 254 g/mol. The molecule has 96 valence electrons. The molecule has 0 aromatic heterocycles. The second-order valence-corrected chi connectivity index (χ2v) is 4.20. The van der Waals surface area contributed by atoms with E-state index >= 15 is 0 Å². The van der Waals surface area contributed by atoms with Gasteiger partial charge in [0.05, 0.1) is 5.57 Å². The summed E-state index contributed by atoms with van der Waals surface area (Å²) in [6.45, 7) is 3.60. The summed E-state index contributed by atoms with van der Waals surface area (Å²) in [4.78, 5) is 10.9. The van der Waals surface area contributed by atoms with Crippen LogP contribution in [0.2, 0.25) is 0 Å². The van der Waals surface area contributed by atoms with Gasteiger partial charge < -0.3 is 9.84 Å². The van der Waals surface area contributed by atoms with Crippen molar-refractivity contribution in [3.63, 3.8) is 0 Å². The largest absolute Gasteiger partial charge is 0.479 e. The van der Waals surface area contributed by atoms with Crippen molar-refractivity contribution in [3.05, 3.63) is 34.4 Å². The van der Waals surface area contributed by atoms with Crippen LogP contribution >= 0.6 is 0 Å². The zero-order valence-electron chi connectivity index (χ0n) is 9.91. The molecule has 0 spiro atoms. The van der Waals surface area contributed by atoms with Crippen molar-refractivity contribution in [3.8, 4) is 5.75 Å². The van der Waals surface area contributed by atoms with Crippen LogP contribution < -0.4 is 4.74 Å². The molecular weight excluding hydrogens is 242 g/mol. The third-order valence-electron chi connectivity index (χ3n) is 3.05. The fraction of sp³-hybridized carbons (Fsp3) is 0.308.